The number of ether oxygens (including phenoxy) is 1. The van der Waals surface area contributed by atoms with E-state index < -0.39 is 0 Å². The van der Waals surface area contributed by atoms with Crippen LogP contribution in [-0.4, -0.2) is 29.5 Å². The molecule has 0 aliphatic carbocycles. The molecule has 0 aliphatic rings. The van der Waals surface area contributed by atoms with Crippen molar-refractivity contribution in [3.63, 3.8) is 0 Å². The molecule has 3 rings (SSSR count). The number of amides is 1. The summed E-state index contributed by atoms with van der Waals surface area (Å²) in [6.45, 7) is 3.92. The standard InChI is InChI=1S/C18H18N2O3.Li.H2O/c1-11(2)22-13-4-5-15-14(10-13)16(18(21)19-3)17(23-15)12-6-8-20-9-7-12;;/h4-11H,1-3H3,(H,19,21);;1H2/q;+1;/p-1. The Balaban J connectivity index is 0.00000156. The monoisotopic (exact) mass is 334 g/mol. The Labute approximate surface area is 158 Å². The molecule has 0 unspecified atom stereocenters. The second kappa shape index (κ2) is 8.72. The Kier molecular flexibility index (Phi) is 7.25. The quantitative estimate of drug-likeness (QED) is 0.700. The molecule has 2 N–H and O–H groups in total. The third kappa shape index (κ3) is 4.23. The zero-order valence-electron chi connectivity index (χ0n) is 14.7. The van der Waals surface area contributed by atoms with E-state index in [9.17, 15) is 4.79 Å². The Bertz CT molecular complexity index is 847. The van der Waals surface area contributed by atoms with Crippen molar-refractivity contribution in [2.75, 3.05) is 7.05 Å². The molecule has 0 atom stereocenters. The van der Waals surface area contributed by atoms with Gasteiger partial charge in [0.1, 0.15) is 17.1 Å². The smallest absolute Gasteiger partial charge is 0.870 e. The molecule has 126 valence electrons. The fourth-order valence-corrected chi connectivity index (χ4v) is 2.48. The molecule has 0 aliphatic heterocycles. The fraction of sp³-hybridized carbons (Fsp3) is 0.222. The van der Waals surface area contributed by atoms with Gasteiger partial charge in [-0.3, -0.25) is 9.78 Å². The third-order valence-electron chi connectivity index (χ3n) is 3.43. The van der Waals surface area contributed by atoms with E-state index in [1.165, 1.54) is 0 Å². The Hall–Kier alpha value is -2.26. The van der Waals surface area contributed by atoms with Gasteiger partial charge in [-0.25, -0.2) is 0 Å². The summed E-state index contributed by atoms with van der Waals surface area (Å²) in [5.74, 6) is 1.04. The Morgan fingerprint density at radius 1 is 1.20 bits per heavy atom. The second-order valence-corrected chi connectivity index (χ2v) is 5.45. The van der Waals surface area contributed by atoms with Gasteiger partial charge in [0.05, 0.1) is 11.7 Å². The van der Waals surface area contributed by atoms with E-state index in [4.69, 9.17) is 9.15 Å². The van der Waals surface area contributed by atoms with Crippen molar-refractivity contribution in [2.24, 2.45) is 0 Å². The number of benzene rings is 1. The van der Waals surface area contributed by atoms with E-state index in [0.29, 0.717) is 22.7 Å². The normalized spacial score (nSPS) is 10.1. The van der Waals surface area contributed by atoms with Crippen LogP contribution in [0.3, 0.4) is 0 Å². The van der Waals surface area contributed by atoms with Crippen molar-refractivity contribution in [1.82, 2.24) is 10.3 Å². The van der Waals surface area contributed by atoms with Gasteiger partial charge < -0.3 is 19.9 Å². The van der Waals surface area contributed by atoms with Crippen LogP contribution in [0.15, 0.2) is 47.1 Å². The molecule has 1 aromatic carbocycles. The number of carbonyl (C=O) groups is 1. The van der Waals surface area contributed by atoms with E-state index in [2.05, 4.69) is 10.3 Å². The van der Waals surface area contributed by atoms with Gasteiger partial charge in [-0.15, -0.1) is 0 Å². The van der Waals surface area contributed by atoms with E-state index in [1.54, 1.807) is 19.4 Å². The van der Waals surface area contributed by atoms with Crippen LogP contribution in [0.4, 0.5) is 0 Å². The predicted molar refractivity (Wildman–Crippen MR) is 90.5 cm³/mol. The van der Waals surface area contributed by atoms with Gasteiger partial charge in [-0.2, -0.15) is 0 Å². The van der Waals surface area contributed by atoms with Gasteiger partial charge in [0, 0.05) is 30.4 Å². The van der Waals surface area contributed by atoms with Crippen LogP contribution in [0.25, 0.3) is 22.3 Å². The van der Waals surface area contributed by atoms with Crippen LogP contribution in [-0.2, 0) is 0 Å². The van der Waals surface area contributed by atoms with Crippen LogP contribution in [0.5, 0.6) is 5.75 Å². The number of nitrogens with zero attached hydrogens (tertiary/aromatic N) is 1. The van der Waals surface area contributed by atoms with Gasteiger partial charge in [0.2, 0.25) is 0 Å². The largest absolute Gasteiger partial charge is 1.00 e. The summed E-state index contributed by atoms with van der Waals surface area (Å²) in [6.07, 6.45) is 3.40. The van der Waals surface area contributed by atoms with Gasteiger partial charge in [-0.1, -0.05) is 0 Å². The van der Waals surface area contributed by atoms with Crippen LogP contribution in [0.1, 0.15) is 24.2 Å². The molecule has 0 bridgehead atoms. The number of hydrogen-bond donors (Lipinski definition) is 1. The van der Waals surface area contributed by atoms with Gasteiger partial charge in [-0.05, 0) is 44.2 Å². The minimum atomic E-state index is -0.197. The molecule has 3 aromatic rings. The number of aromatic nitrogens is 1. The molecule has 0 radical (unpaired) electrons. The van der Waals surface area contributed by atoms with Crippen LogP contribution in [0, 0.1) is 0 Å². The molecular weight excluding hydrogens is 315 g/mol. The maximum atomic E-state index is 12.4. The fourth-order valence-electron chi connectivity index (χ4n) is 2.48. The minimum absolute atomic E-state index is 0. The third-order valence-corrected chi connectivity index (χ3v) is 3.43. The second-order valence-electron chi connectivity index (χ2n) is 5.45. The number of rotatable bonds is 4. The van der Waals surface area contributed by atoms with Crippen LogP contribution < -0.4 is 28.9 Å². The van der Waals surface area contributed by atoms with E-state index in [1.807, 2.05) is 44.2 Å². The molecule has 0 fully saturated rings. The first-order valence-corrected chi connectivity index (χ1v) is 7.46. The SMILES string of the molecule is CNC(=O)c1c(-c2ccncc2)oc2ccc(OC(C)C)cc12.[Li+].[OH-]. The first kappa shape index (κ1) is 20.8. The van der Waals surface area contributed by atoms with Crippen molar-refractivity contribution >= 4 is 16.9 Å². The van der Waals surface area contributed by atoms with Crippen LogP contribution in [0.2, 0.25) is 0 Å². The Morgan fingerprint density at radius 3 is 2.48 bits per heavy atom. The molecule has 0 spiro atoms. The first-order valence-electron chi connectivity index (χ1n) is 7.46. The summed E-state index contributed by atoms with van der Waals surface area (Å²) in [5, 5.41) is 3.41. The first-order chi connectivity index (χ1) is 11.1. The molecular formula is C18H19LiN2O4. The summed E-state index contributed by atoms with van der Waals surface area (Å²) in [7, 11) is 1.60. The van der Waals surface area contributed by atoms with Crippen molar-refractivity contribution < 1.29 is 38.3 Å². The number of furan rings is 1. The molecule has 0 saturated carbocycles. The average molecular weight is 334 g/mol. The summed E-state index contributed by atoms with van der Waals surface area (Å²) < 4.78 is 11.6. The number of hydrogen-bond acceptors (Lipinski definition) is 5. The van der Waals surface area contributed by atoms with Crippen LogP contribution >= 0.6 is 0 Å². The van der Waals surface area contributed by atoms with Crippen molar-refractivity contribution in [3.8, 4) is 17.1 Å². The van der Waals surface area contributed by atoms with Gasteiger partial charge in [0.15, 0.2) is 0 Å². The predicted octanol–water partition coefficient (Wildman–Crippen LogP) is 0.469. The number of pyridine rings is 1. The summed E-state index contributed by atoms with van der Waals surface area (Å²) >= 11 is 0. The summed E-state index contributed by atoms with van der Waals surface area (Å²) in [6, 6.07) is 9.14. The zero-order valence-corrected chi connectivity index (χ0v) is 14.7. The van der Waals surface area contributed by atoms with Crippen molar-refractivity contribution in [1.29, 1.82) is 0 Å². The maximum absolute atomic E-state index is 12.4. The summed E-state index contributed by atoms with van der Waals surface area (Å²) in [4.78, 5) is 16.4. The molecule has 2 aromatic heterocycles. The maximum Gasteiger partial charge on any atom is 1.00 e. The average Bonchev–Trinajstić information content (AvgIpc) is 2.93. The molecule has 6 nitrogen and oxygen atoms in total. The van der Waals surface area contributed by atoms with Gasteiger partial charge >= 0.3 is 18.9 Å². The van der Waals surface area contributed by atoms with Crippen molar-refractivity contribution in [2.45, 2.75) is 20.0 Å². The van der Waals surface area contributed by atoms with Gasteiger partial charge in [0.25, 0.3) is 5.91 Å². The molecule has 7 heteroatoms. The zero-order chi connectivity index (χ0) is 16.4. The van der Waals surface area contributed by atoms with E-state index >= 15 is 0 Å². The molecule has 0 saturated heterocycles. The minimum Gasteiger partial charge on any atom is -0.870 e. The van der Waals surface area contributed by atoms with E-state index in [-0.39, 0.29) is 36.3 Å². The Morgan fingerprint density at radius 2 is 1.88 bits per heavy atom. The molecule has 1 amide bonds. The van der Waals surface area contributed by atoms with Crippen molar-refractivity contribution in [3.05, 3.63) is 48.3 Å². The molecule has 2 heterocycles. The van der Waals surface area contributed by atoms with E-state index in [0.717, 1.165) is 10.9 Å². The topological polar surface area (TPSA) is 94.4 Å². The number of carbonyl (C=O) groups excluding carboxylic acids is 1. The summed E-state index contributed by atoms with van der Waals surface area (Å²) in [5.41, 5.74) is 1.95. The molecule has 25 heavy (non-hydrogen) atoms. The number of fused-ring (bicyclic) bond motifs is 1. The number of nitrogens with one attached hydrogen (secondary N) is 1.